The fraction of sp³-hybridized carbons (Fsp3) is 0.0952. The summed E-state index contributed by atoms with van der Waals surface area (Å²) in [5.41, 5.74) is 1.60. The highest BCUT2D eigenvalue weighted by Gasteiger charge is 2.05. The molecule has 4 nitrogen and oxygen atoms in total. The molecule has 0 saturated heterocycles. The van der Waals surface area contributed by atoms with E-state index >= 15 is 0 Å². The van der Waals surface area contributed by atoms with Gasteiger partial charge in [0.05, 0.1) is 12.7 Å². The number of rotatable bonds is 6. The molecule has 3 rings (SSSR count). The molecular formula is C21H18O4. The van der Waals surface area contributed by atoms with Crippen LogP contribution in [0.2, 0.25) is 0 Å². The molecule has 3 aromatic carbocycles. The number of hydrogen-bond acceptors (Lipinski definition) is 4. The lowest BCUT2D eigenvalue weighted by atomic mass is 10.2. The fourth-order valence-corrected chi connectivity index (χ4v) is 2.26. The summed E-state index contributed by atoms with van der Waals surface area (Å²) in [7, 11) is 1.36. The molecule has 0 N–H and O–H groups in total. The van der Waals surface area contributed by atoms with Crippen molar-refractivity contribution in [3.8, 4) is 17.2 Å². The highest BCUT2D eigenvalue weighted by Crippen LogP contribution is 2.24. The van der Waals surface area contributed by atoms with Gasteiger partial charge in [0.25, 0.3) is 0 Å². The van der Waals surface area contributed by atoms with Gasteiger partial charge in [0, 0.05) is 0 Å². The lowest BCUT2D eigenvalue weighted by Gasteiger charge is -2.09. The maximum Gasteiger partial charge on any atom is 0.337 e. The third kappa shape index (κ3) is 4.61. The van der Waals surface area contributed by atoms with Gasteiger partial charge in [-0.25, -0.2) is 4.79 Å². The molecule has 0 aromatic heterocycles. The first kappa shape index (κ1) is 16.6. The zero-order chi connectivity index (χ0) is 17.5. The Morgan fingerprint density at radius 3 is 1.92 bits per heavy atom. The third-order valence-electron chi connectivity index (χ3n) is 3.58. The maximum absolute atomic E-state index is 11.4. The second-order valence-electron chi connectivity index (χ2n) is 5.36. The molecule has 0 radical (unpaired) electrons. The van der Waals surface area contributed by atoms with E-state index in [1.807, 2.05) is 54.6 Å². The van der Waals surface area contributed by atoms with Crippen LogP contribution < -0.4 is 9.47 Å². The average Bonchev–Trinajstić information content (AvgIpc) is 2.68. The Morgan fingerprint density at radius 2 is 1.32 bits per heavy atom. The molecule has 0 fully saturated rings. The first-order valence-corrected chi connectivity index (χ1v) is 7.87. The summed E-state index contributed by atoms with van der Waals surface area (Å²) in [5.74, 6) is 1.74. The Kier molecular flexibility index (Phi) is 5.32. The summed E-state index contributed by atoms with van der Waals surface area (Å²) in [6.07, 6.45) is 0. The number of carbonyl (C=O) groups is 1. The van der Waals surface area contributed by atoms with Crippen molar-refractivity contribution in [2.24, 2.45) is 0 Å². The molecule has 0 aliphatic carbocycles. The quantitative estimate of drug-likeness (QED) is 0.605. The van der Waals surface area contributed by atoms with Crippen LogP contribution >= 0.6 is 0 Å². The van der Waals surface area contributed by atoms with E-state index in [0.717, 1.165) is 11.3 Å². The predicted octanol–water partition coefficient (Wildman–Crippen LogP) is 4.84. The largest absolute Gasteiger partial charge is 0.489 e. The number of benzene rings is 3. The van der Waals surface area contributed by atoms with Crippen molar-refractivity contribution in [1.29, 1.82) is 0 Å². The molecule has 126 valence electrons. The normalized spacial score (nSPS) is 10.1. The molecule has 0 unspecified atom stereocenters. The van der Waals surface area contributed by atoms with Crippen molar-refractivity contribution in [3.05, 3.63) is 90.0 Å². The van der Waals surface area contributed by atoms with Crippen molar-refractivity contribution in [3.63, 3.8) is 0 Å². The molecule has 0 bridgehead atoms. The van der Waals surface area contributed by atoms with Crippen molar-refractivity contribution in [2.45, 2.75) is 6.61 Å². The summed E-state index contributed by atoms with van der Waals surface area (Å²) < 4.78 is 16.2. The monoisotopic (exact) mass is 334 g/mol. The summed E-state index contributed by atoms with van der Waals surface area (Å²) in [4.78, 5) is 11.4. The lowest BCUT2D eigenvalue weighted by molar-refractivity contribution is 0.0600. The first-order chi connectivity index (χ1) is 12.2. The summed E-state index contributed by atoms with van der Waals surface area (Å²) in [6, 6.07) is 24.2. The number of ether oxygens (including phenoxy) is 3. The van der Waals surface area contributed by atoms with Gasteiger partial charge in [-0.15, -0.1) is 0 Å². The Hall–Kier alpha value is -3.27. The van der Waals surface area contributed by atoms with Crippen LogP contribution in [0.5, 0.6) is 17.2 Å². The van der Waals surface area contributed by atoms with Crippen LogP contribution in [0.1, 0.15) is 15.9 Å². The van der Waals surface area contributed by atoms with Crippen LogP contribution in [0.4, 0.5) is 0 Å². The van der Waals surface area contributed by atoms with E-state index in [1.165, 1.54) is 7.11 Å². The van der Waals surface area contributed by atoms with Crippen molar-refractivity contribution in [1.82, 2.24) is 0 Å². The molecule has 0 heterocycles. The van der Waals surface area contributed by atoms with Crippen LogP contribution in [0.25, 0.3) is 0 Å². The number of methoxy groups -OCH3 is 1. The Labute approximate surface area is 146 Å². The Bertz CT molecular complexity index is 809. The Balaban J connectivity index is 1.58. The molecule has 0 aliphatic heterocycles. The van der Waals surface area contributed by atoms with E-state index in [9.17, 15) is 4.79 Å². The topological polar surface area (TPSA) is 44.8 Å². The van der Waals surface area contributed by atoms with Crippen molar-refractivity contribution < 1.29 is 19.0 Å². The summed E-state index contributed by atoms with van der Waals surface area (Å²) in [6.45, 7) is 0.524. The lowest BCUT2D eigenvalue weighted by Crippen LogP contribution is -2.00. The molecule has 0 saturated carbocycles. The molecule has 25 heavy (non-hydrogen) atoms. The number of carbonyl (C=O) groups excluding carboxylic acids is 1. The minimum Gasteiger partial charge on any atom is -0.489 e. The predicted molar refractivity (Wildman–Crippen MR) is 95.1 cm³/mol. The van der Waals surface area contributed by atoms with Gasteiger partial charge in [-0.1, -0.05) is 30.3 Å². The highest BCUT2D eigenvalue weighted by molar-refractivity contribution is 5.89. The van der Waals surface area contributed by atoms with Gasteiger partial charge in [-0.05, 0) is 54.1 Å². The van der Waals surface area contributed by atoms with Gasteiger partial charge in [-0.3, -0.25) is 0 Å². The molecule has 0 atom stereocenters. The molecule has 0 aliphatic rings. The minimum absolute atomic E-state index is 0.369. The van der Waals surface area contributed by atoms with E-state index in [1.54, 1.807) is 24.3 Å². The van der Waals surface area contributed by atoms with Gasteiger partial charge in [0.1, 0.15) is 23.9 Å². The van der Waals surface area contributed by atoms with Gasteiger partial charge in [-0.2, -0.15) is 0 Å². The highest BCUT2D eigenvalue weighted by atomic mass is 16.5. The summed E-state index contributed by atoms with van der Waals surface area (Å²) >= 11 is 0. The van der Waals surface area contributed by atoms with Crippen LogP contribution in [0.3, 0.4) is 0 Å². The zero-order valence-electron chi connectivity index (χ0n) is 13.8. The number of hydrogen-bond donors (Lipinski definition) is 0. The standard InChI is InChI=1S/C21H18O4/c1-23-21(22)17-7-9-19(10-8-17)25-20-13-11-18(12-14-20)24-15-16-5-3-2-4-6-16/h2-14H,15H2,1H3. The third-order valence-corrected chi connectivity index (χ3v) is 3.58. The summed E-state index contributed by atoms with van der Waals surface area (Å²) in [5, 5.41) is 0. The van der Waals surface area contributed by atoms with Gasteiger partial charge < -0.3 is 14.2 Å². The van der Waals surface area contributed by atoms with Gasteiger partial charge in [0.2, 0.25) is 0 Å². The molecular weight excluding hydrogens is 316 g/mol. The minimum atomic E-state index is -0.369. The molecule has 0 amide bonds. The fourth-order valence-electron chi connectivity index (χ4n) is 2.26. The van der Waals surface area contributed by atoms with Crippen molar-refractivity contribution >= 4 is 5.97 Å². The Morgan fingerprint density at radius 1 is 0.760 bits per heavy atom. The van der Waals surface area contributed by atoms with E-state index in [2.05, 4.69) is 4.74 Å². The molecule has 4 heteroatoms. The van der Waals surface area contributed by atoms with Gasteiger partial charge >= 0.3 is 5.97 Å². The zero-order valence-corrected chi connectivity index (χ0v) is 13.8. The second-order valence-corrected chi connectivity index (χ2v) is 5.36. The van der Waals surface area contributed by atoms with Crippen LogP contribution in [-0.4, -0.2) is 13.1 Å². The smallest absolute Gasteiger partial charge is 0.337 e. The molecule has 0 spiro atoms. The van der Waals surface area contributed by atoms with Crippen LogP contribution in [0, 0.1) is 0 Å². The van der Waals surface area contributed by atoms with Crippen molar-refractivity contribution in [2.75, 3.05) is 7.11 Å². The SMILES string of the molecule is COC(=O)c1ccc(Oc2ccc(OCc3ccccc3)cc2)cc1. The van der Waals surface area contributed by atoms with E-state index in [-0.39, 0.29) is 5.97 Å². The van der Waals surface area contributed by atoms with Gasteiger partial charge in [0.15, 0.2) is 0 Å². The maximum atomic E-state index is 11.4. The van der Waals surface area contributed by atoms with E-state index in [0.29, 0.717) is 23.7 Å². The molecule has 3 aromatic rings. The van der Waals surface area contributed by atoms with Crippen LogP contribution in [-0.2, 0) is 11.3 Å². The number of esters is 1. The average molecular weight is 334 g/mol. The first-order valence-electron chi connectivity index (χ1n) is 7.87. The van der Waals surface area contributed by atoms with E-state index in [4.69, 9.17) is 9.47 Å². The second kappa shape index (κ2) is 8.02. The van der Waals surface area contributed by atoms with E-state index < -0.39 is 0 Å². The van der Waals surface area contributed by atoms with Crippen LogP contribution in [0.15, 0.2) is 78.9 Å².